The molecular weight excluding hydrogens is 210 g/mol. The molecule has 0 saturated heterocycles. The quantitative estimate of drug-likeness (QED) is 0.806. The molecule has 1 aliphatic heterocycles. The lowest BCUT2D eigenvalue weighted by molar-refractivity contribution is -0.0139. The number of fused-ring (bicyclic) bond motifs is 1. The standard InChI is InChI=1S/C15H21NO/c1-11(16)13-7-4-5-9-15(13)10-12-6-2-3-8-14(12)17-15/h2-3,6,8,11,13H,4-5,7,9-10,16H2,1H3. The zero-order chi connectivity index (χ0) is 11.9. The molecule has 1 aromatic carbocycles. The van der Waals surface area contributed by atoms with Crippen molar-refractivity contribution in [3.05, 3.63) is 29.8 Å². The van der Waals surface area contributed by atoms with Crippen molar-refractivity contribution in [2.45, 2.75) is 50.7 Å². The van der Waals surface area contributed by atoms with Crippen molar-refractivity contribution in [2.24, 2.45) is 11.7 Å². The summed E-state index contributed by atoms with van der Waals surface area (Å²) in [4.78, 5) is 0. The van der Waals surface area contributed by atoms with Gasteiger partial charge >= 0.3 is 0 Å². The molecular formula is C15H21NO. The topological polar surface area (TPSA) is 35.2 Å². The third-order valence-corrected chi connectivity index (χ3v) is 4.45. The number of benzene rings is 1. The molecule has 1 fully saturated rings. The van der Waals surface area contributed by atoms with Crippen molar-refractivity contribution in [3.8, 4) is 5.75 Å². The van der Waals surface area contributed by atoms with E-state index in [9.17, 15) is 0 Å². The van der Waals surface area contributed by atoms with Crippen molar-refractivity contribution in [2.75, 3.05) is 0 Å². The van der Waals surface area contributed by atoms with Gasteiger partial charge in [0, 0.05) is 18.4 Å². The normalized spacial score (nSPS) is 33.2. The van der Waals surface area contributed by atoms with Crippen LogP contribution in [-0.2, 0) is 6.42 Å². The average Bonchev–Trinajstić information content (AvgIpc) is 2.67. The Balaban J connectivity index is 1.92. The van der Waals surface area contributed by atoms with Crippen LogP contribution >= 0.6 is 0 Å². The first-order valence-corrected chi connectivity index (χ1v) is 6.74. The van der Waals surface area contributed by atoms with E-state index in [0.29, 0.717) is 5.92 Å². The monoisotopic (exact) mass is 231 g/mol. The van der Waals surface area contributed by atoms with Crippen molar-refractivity contribution < 1.29 is 4.74 Å². The van der Waals surface area contributed by atoms with E-state index in [-0.39, 0.29) is 11.6 Å². The van der Waals surface area contributed by atoms with Crippen LogP contribution in [0.1, 0.15) is 38.2 Å². The number of rotatable bonds is 1. The van der Waals surface area contributed by atoms with Crippen LogP contribution in [0.3, 0.4) is 0 Å². The van der Waals surface area contributed by atoms with E-state index in [4.69, 9.17) is 10.5 Å². The van der Waals surface area contributed by atoms with Gasteiger partial charge in [-0.1, -0.05) is 24.6 Å². The second-order valence-electron chi connectivity index (χ2n) is 5.66. The Labute approximate surface area is 103 Å². The van der Waals surface area contributed by atoms with Gasteiger partial charge in [0.25, 0.3) is 0 Å². The predicted octanol–water partition coefficient (Wildman–Crippen LogP) is 2.90. The number of hydrogen-bond donors (Lipinski definition) is 1. The van der Waals surface area contributed by atoms with Gasteiger partial charge in [-0.25, -0.2) is 0 Å². The van der Waals surface area contributed by atoms with Crippen LogP contribution in [-0.4, -0.2) is 11.6 Å². The third kappa shape index (κ3) is 1.75. The summed E-state index contributed by atoms with van der Waals surface area (Å²) in [5.74, 6) is 1.59. The van der Waals surface area contributed by atoms with E-state index in [0.717, 1.165) is 18.6 Å². The Hall–Kier alpha value is -1.02. The molecule has 17 heavy (non-hydrogen) atoms. The number of para-hydroxylation sites is 1. The average molecular weight is 231 g/mol. The summed E-state index contributed by atoms with van der Waals surface area (Å²) in [5.41, 5.74) is 7.53. The van der Waals surface area contributed by atoms with Gasteiger partial charge in [-0.05, 0) is 37.8 Å². The van der Waals surface area contributed by atoms with Crippen molar-refractivity contribution >= 4 is 0 Å². The maximum absolute atomic E-state index is 6.33. The minimum Gasteiger partial charge on any atom is -0.486 e. The first-order valence-electron chi connectivity index (χ1n) is 6.74. The zero-order valence-corrected chi connectivity index (χ0v) is 10.5. The second kappa shape index (κ2) is 4.02. The number of nitrogens with two attached hydrogens (primary N) is 1. The van der Waals surface area contributed by atoms with E-state index in [2.05, 4.69) is 31.2 Å². The largest absolute Gasteiger partial charge is 0.486 e. The molecule has 92 valence electrons. The van der Waals surface area contributed by atoms with Crippen LogP contribution < -0.4 is 10.5 Å². The molecule has 3 atom stereocenters. The summed E-state index contributed by atoms with van der Waals surface area (Å²) in [6.07, 6.45) is 6.00. The summed E-state index contributed by atoms with van der Waals surface area (Å²) in [7, 11) is 0. The van der Waals surface area contributed by atoms with Crippen molar-refractivity contribution in [1.82, 2.24) is 0 Å². The fraction of sp³-hybridized carbons (Fsp3) is 0.600. The van der Waals surface area contributed by atoms with E-state index >= 15 is 0 Å². The van der Waals surface area contributed by atoms with Gasteiger partial charge in [-0.3, -0.25) is 0 Å². The highest BCUT2D eigenvalue weighted by Crippen LogP contribution is 2.47. The lowest BCUT2D eigenvalue weighted by Gasteiger charge is -2.42. The van der Waals surface area contributed by atoms with Crippen molar-refractivity contribution in [3.63, 3.8) is 0 Å². The number of ether oxygens (including phenoxy) is 1. The van der Waals surface area contributed by atoms with Crippen LogP contribution in [0.15, 0.2) is 24.3 Å². The smallest absolute Gasteiger partial charge is 0.123 e. The summed E-state index contributed by atoms with van der Waals surface area (Å²) in [6, 6.07) is 8.67. The molecule has 2 heteroatoms. The van der Waals surface area contributed by atoms with Gasteiger partial charge in [-0.2, -0.15) is 0 Å². The Kier molecular flexibility index (Phi) is 2.62. The van der Waals surface area contributed by atoms with Crippen LogP contribution in [0.25, 0.3) is 0 Å². The minimum absolute atomic E-state index is 0.00387. The Morgan fingerprint density at radius 2 is 2.18 bits per heavy atom. The molecule has 3 rings (SSSR count). The SMILES string of the molecule is CC(N)C1CCCCC12Cc1ccccc1O2. The zero-order valence-electron chi connectivity index (χ0n) is 10.5. The highest BCUT2D eigenvalue weighted by molar-refractivity contribution is 5.39. The summed E-state index contributed by atoms with van der Waals surface area (Å²) < 4.78 is 6.33. The maximum Gasteiger partial charge on any atom is 0.123 e. The molecule has 2 N–H and O–H groups in total. The predicted molar refractivity (Wildman–Crippen MR) is 69.1 cm³/mol. The lowest BCUT2D eigenvalue weighted by Crippen LogP contribution is -2.51. The van der Waals surface area contributed by atoms with Gasteiger partial charge in [0.1, 0.15) is 11.4 Å². The van der Waals surface area contributed by atoms with Crippen LogP contribution in [0.2, 0.25) is 0 Å². The van der Waals surface area contributed by atoms with Gasteiger partial charge in [-0.15, -0.1) is 0 Å². The van der Waals surface area contributed by atoms with Gasteiger partial charge in [0.05, 0.1) is 0 Å². The van der Waals surface area contributed by atoms with Gasteiger partial charge in [0.2, 0.25) is 0 Å². The summed E-state index contributed by atoms with van der Waals surface area (Å²) >= 11 is 0. The van der Waals surface area contributed by atoms with Gasteiger partial charge in [0.15, 0.2) is 0 Å². The maximum atomic E-state index is 6.33. The molecule has 1 heterocycles. The van der Waals surface area contributed by atoms with E-state index < -0.39 is 0 Å². The highest BCUT2D eigenvalue weighted by Gasteiger charge is 2.48. The molecule has 0 amide bonds. The molecule has 1 aliphatic carbocycles. The van der Waals surface area contributed by atoms with E-state index in [1.165, 1.54) is 24.8 Å². The number of hydrogen-bond acceptors (Lipinski definition) is 2. The Morgan fingerprint density at radius 3 is 2.94 bits per heavy atom. The summed E-state index contributed by atoms with van der Waals surface area (Å²) in [6.45, 7) is 2.13. The van der Waals surface area contributed by atoms with Crippen LogP contribution in [0, 0.1) is 5.92 Å². The highest BCUT2D eigenvalue weighted by atomic mass is 16.5. The van der Waals surface area contributed by atoms with Crippen LogP contribution in [0.5, 0.6) is 5.75 Å². The molecule has 1 aromatic rings. The van der Waals surface area contributed by atoms with E-state index in [1.54, 1.807) is 0 Å². The first kappa shape index (κ1) is 11.1. The van der Waals surface area contributed by atoms with Gasteiger partial charge < -0.3 is 10.5 Å². The lowest BCUT2D eigenvalue weighted by atomic mass is 9.70. The second-order valence-corrected chi connectivity index (χ2v) is 5.66. The summed E-state index contributed by atoms with van der Waals surface area (Å²) in [5, 5.41) is 0. The minimum atomic E-state index is -0.00387. The third-order valence-electron chi connectivity index (χ3n) is 4.45. The molecule has 1 saturated carbocycles. The van der Waals surface area contributed by atoms with Crippen molar-refractivity contribution in [1.29, 1.82) is 0 Å². The molecule has 0 aromatic heterocycles. The molecule has 0 bridgehead atoms. The fourth-order valence-electron chi connectivity index (χ4n) is 3.65. The molecule has 3 unspecified atom stereocenters. The van der Waals surface area contributed by atoms with E-state index in [1.807, 2.05) is 0 Å². The Morgan fingerprint density at radius 1 is 1.35 bits per heavy atom. The molecule has 1 spiro atoms. The molecule has 2 nitrogen and oxygen atoms in total. The van der Waals surface area contributed by atoms with Crippen LogP contribution in [0.4, 0.5) is 0 Å². The fourth-order valence-corrected chi connectivity index (χ4v) is 3.65. The molecule has 2 aliphatic rings. The first-order chi connectivity index (χ1) is 8.21. The molecule has 0 radical (unpaired) electrons. The Bertz CT molecular complexity index is 388.